The van der Waals surface area contributed by atoms with E-state index in [1.54, 1.807) is 0 Å². The first-order valence-corrected chi connectivity index (χ1v) is 9.30. The van der Waals surface area contributed by atoms with Crippen LogP contribution in [0.15, 0.2) is 58.4 Å². The molecule has 28 heavy (non-hydrogen) atoms. The lowest BCUT2D eigenvalue weighted by Gasteiger charge is -2.04. The summed E-state index contributed by atoms with van der Waals surface area (Å²) in [6, 6.07) is 5.56. The van der Waals surface area contributed by atoms with E-state index >= 15 is 0 Å². The molecule has 2 heterocycles. The average Bonchev–Trinajstić information content (AvgIpc) is 3.15. The Balaban J connectivity index is 1.57. The van der Waals surface area contributed by atoms with Crippen molar-refractivity contribution < 1.29 is 22.4 Å². The fourth-order valence-electron chi connectivity index (χ4n) is 2.08. The van der Waals surface area contributed by atoms with E-state index in [0.717, 1.165) is 6.26 Å². The van der Waals surface area contributed by atoms with Crippen LogP contribution >= 0.6 is 0 Å². The minimum atomic E-state index is -3.77. The normalized spacial score (nSPS) is 11.0. The standard InChI is InChI=1S/C16H14N6O5S/c17-28(25,26)11-3-1-10(2-4-11)7-20-14(23)13-9-27-16(21-13)22-15(24)12-8-18-5-6-19-12/h1-6,8-9H,7H2,(H,20,23)(H2,17,25,26)(H,21,22,24). The topological polar surface area (TPSA) is 170 Å². The number of hydrogen-bond acceptors (Lipinski definition) is 8. The Morgan fingerprint density at radius 3 is 2.46 bits per heavy atom. The van der Waals surface area contributed by atoms with Gasteiger partial charge in [0.25, 0.3) is 11.8 Å². The van der Waals surface area contributed by atoms with E-state index in [0.29, 0.717) is 5.56 Å². The van der Waals surface area contributed by atoms with Crippen LogP contribution in [0.1, 0.15) is 26.5 Å². The molecule has 0 radical (unpaired) electrons. The number of nitrogens with one attached hydrogen (secondary N) is 2. The second-order valence-corrected chi connectivity index (χ2v) is 7.02. The molecule has 0 aliphatic heterocycles. The number of rotatable bonds is 6. The second-order valence-electron chi connectivity index (χ2n) is 5.45. The van der Waals surface area contributed by atoms with Gasteiger partial charge in [0.05, 0.1) is 11.1 Å². The van der Waals surface area contributed by atoms with Gasteiger partial charge in [0.1, 0.15) is 12.0 Å². The predicted octanol–water partition coefficient (Wildman–Crippen LogP) is 0.294. The highest BCUT2D eigenvalue weighted by molar-refractivity contribution is 7.89. The zero-order valence-corrected chi connectivity index (χ0v) is 15.0. The van der Waals surface area contributed by atoms with Crippen LogP contribution in [0.3, 0.4) is 0 Å². The molecule has 1 aromatic carbocycles. The van der Waals surface area contributed by atoms with E-state index in [1.165, 1.54) is 42.9 Å². The van der Waals surface area contributed by atoms with Gasteiger partial charge in [-0.3, -0.25) is 19.9 Å². The molecular formula is C16H14N6O5S. The minimum Gasteiger partial charge on any atom is -0.431 e. The lowest BCUT2D eigenvalue weighted by Crippen LogP contribution is -2.23. The van der Waals surface area contributed by atoms with Crippen molar-refractivity contribution in [1.82, 2.24) is 20.3 Å². The highest BCUT2D eigenvalue weighted by atomic mass is 32.2. The van der Waals surface area contributed by atoms with Crippen LogP contribution in [0, 0.1) is 0 Å². The Bertz CT molecular complexity index is 1100. The number of benzene rings is 1. The molecule has 0 saturated carbocycles. The van der Waals surface area contributed by atoms with E-state index in [1.807, 2.05) is 0 Å². The number of hydrogen-bond donors (Lipinski definition) is 3. The summed E-state index contributed by atoms with van der Waals surface area (Å²) in [5.41, 5.74) is 0.672. The number of primary sulfonamides is 1. The van der Waals surface area contributed by atoms with Gasteiger partial charge in [-0.2, -0.15) is 4.98 Å². The SMILES string of the molecule is NS(=O)(=O)c1ccc(CNC(=O)c2coc(NC(=O)c3cnccn3)n2)cc1. The summed E-state index contributed by atoms with van der Waals surface area (Å²) in [6.07, 6.45) is 5.14. The van der Waals surface area contributed by atoms with E-state index in [-0.39, 0.29) is 28.8 Å². The molecule has 0 atom stereocenters. The second kappa shape index (κ2) is 7.94. The van der Waals surface area contributed by atoms with Crippen molar-refractivity contribution in [2.24, 2.45) is 5.14 Å². The number of sulfonamides is 1. The molecule has 144 valence electrons. The summed E-state index contributed by atoms with van der Waals surface area (Å²) in [5, 5.41) is 9.98. The van der Waals surface area contributed by atoms with Crippen LogP contribution in [-0.4, -0.2) is 35.2 Å². The van der Waals surface area contributed by atoms with E-state index < -0.39 is 21.8 Å². The molecule has 3 aromatic rings. The van der Waals surface area contributed by atoms with Gasteiger partial charge < -0.3 is 9.73 Å². The van der Waals surface area contributed by atoms with Crippen molar-refractivity contribution in [2.45, 2.75) is 11.4 Å². The first kappa shape index (κ1) is 19.1. The lowest BCUT2D eigenvalue weighted by atomic mass is 10.2. The summed E-state index contributed by atoms with van der Waals surface area (Å²) in [7, 11) is -3.77. The summed E-state index contributed by atoms with van der Waals surface area (Å²) in [4.78, 5) is 35.5. The molecule has 0 saturated heterocycles. The summed E-state index contributed by atoms with van der Waals surface area (Å²) >= 11 is 0. The predicted molar refractivity (Wildman–Crippen MR) is 95.5 cm³/mol. The lowest BCUT2D eigenvalue weighted by molar-refractivity contribution is 0.0944. The number of anilines is 1. The molecule has 2 amide bonds. The van der Waals surface area contributed by atoms with Gasteiger partial charge in [0.15, 0.2) is 5.69 Å². The van der Waals surface area contributed by atoms with Gasteiger partial charge in [-0.25, -0.2) is 18.5 Å². The maximum absolute atomic E-state index is 12.1. The maximum Gasteiger partial charge on any atom is 0.302 e. The molecule has 0 unspecified atom stereocenters. The Labute approximate surface area is 159 Å². The molecule has 0 spiro atoms. The molecule has 0 aliphatic carbocycles. The van der Waals surface area contributed by atoms with E-state index in [9.17, 15) is 18.0 Å². The van der Waals surface area contributed by atoms with Gasteiger partial charge in [0.2, 0.25) is 10.0 Å². The van der Waals surface area contributed by atoms with E-state index in [4.69, 9.17) is 9.56 Å². The van der Waals surface area contributed by atoms with Gasteiger partial charge in [-0.05, 0) is 17.7 Å². The third-order valence-electron chi connectivity index (χ3n) is 3.46. The van der Waals surface area contributed by atoms with Gasteiger partial charge in [0, 0.05) is 18.9 Å². The third kappa shape index (κ3) is 4.75. The zero-order chi connectivity index (χ0) is 20.1. The fraction of sp³-hybridized carbons (Fsp3) is 0.0625. The minimum absolute atomic E-state index is 0.0254. The molecule has 2 aromatic heterocycles. The average molecular weight is 402 g/mol. The van der Waals surface area contributed by atoms with Gasteiger partial charge in [-0.15, -0.1) is 0 Å². The maximum atomic E-state index is 12.1. The summed E-state index contributed by atoms with van der Waals surface area (Å²) in [6.45, 7) is 0.123. The molecule has 0 fully saturated rings. The van der Waals surface area contributed by atoms with Gasteiger partial charge in [-0.1, -0.05) is 12.1 Å². The first-order chi connectivity index (χ1) is 13.3. The van der Waals surface area contributed by atoms with Crippen molar-refractivity contribution in [3.8, 4) is 0 Å². The quantitative estimate of drug-likeness (QED) is 0.528. The van der Waals surface area contributed by atoms with Crippen molar-refractivity contribution >= 4 is 27.9 Å². The Hall–Kier alpha value is -3.64. The number of nitrogens with two attached hydrogens (primary N) is 1. The van der Waals surface area contributed by atoms with Crippen molar-refractivity contribution in [2.75, 3.05) is 5.32 Å². The number of carbonyl (C=O) groups is 2. The third-order valence-corrected chi connectivity index (χ3v) is 4.39. The molecule has 4 N–H and O–H groups in total. The smallest absolute Gasteiger partial charge is 0.302 e. The monoisotopic (exact) mass is 402 g/mol. The summed E-state index contributed by atoms with van der Waals surface area (Å²) < 4.78 is 27.5. The highest BCUT2D eigenvalue weighted by Gasteiger charge is 2.15. The van der Waals surface area contributed by atoms with Crippen molar-refractivity contribution in [3.63, 3.8) is 0 Å². The molecule has 11 nitrogen and oxygen atoms in total. The highest BCUT2D eigenvalue weighted by Crippen LogP contribution is 2.11. The number of carbonyl (C=O) groups excluding carboxylic acids is 2. The van der Waals surface area contributed by atoms with Crippen LogP contribution < -0.4 is 15.8 Å². The van der Waals surface area contributed by atoms with Gasteiger partial charge >= 0.3 is 6.01 Å². The number of aromatic nitrogens is 3. The fourth-order valence-corrected chi connectivity index (χ4v) is 2.60. The largest absolute Gasteiger partial charge is 0.431 e. The molecule has 0 bridgehead atoms. The van der Waals surface area contributed by atoms with Crippen LogP contribution in [-0.2, 0) is 16.6 Å². The molecule has 3 rings (SSSR count). The Kier molecular flexibility index (Phi) is 5.42. The Morgan fingerprint density at radius 2 is 1.82 bits per heavy atom. The number of amides is 2. The van der Waals surface area contributed by atoms with Crippen LogP contribution in [0.2, 0.25) is 0 Å². The van der Waals surface area contributed by atoms with Crippen molar-refractivity contribution in [1.29, 1.82) is 0 Å². The number of nitrogens with zero attached hydrogens (tertiary/aromatic N) is 3. The molecule has 0 aliphatic rings. The van der Waals surface area contributed by atoms with Crippen LogP contribution in [0.4, 0.5) is 6.01 Å². The molecular weight excluding hydrogens is 388 g/mol. The van der Waals surface area contributed by atoms with Crippen LogP contribution in [0.25, 0.3) is 0 Å². The van der Waals surface area contributed by atoms with E-state index in [2.05, 4.69) is 25.6 Å². The first-order valence-electron chi connectivity index (χ1n) is 7.76. The summed E-state index contributed by atoms with van der Waals surface area (Å²) in [5.74, 6) is -1.13. The van der Waals surface area contributed by atoms with Crippen molar-refractivity contribution in [3.05, 3.63) is 66.1 Å². The number of oxazole rings is 1. The molecule has 12 heteroatoms. The zero-order valence-electron chi connectivity index (χ0n) is 14.2. The Morgan fingerprint density at radius 1 is 1.07 bits per heavy atom. The van der Waals surface area contributed by atoms with Crippen LogP contribution in [0.5, 0.6) is 0 Å².